The van der Waals surface area contributed by atoms with Crippen LogP contribution in [0, 0.1) is 12.7 Å². The molecule has 0 aromatic heterocycles. The Hall–Kier alpha value is -3.01. The molecule has 0 N–H and O–H groups in total. The Balaban J connectivity index is 0.00000400. The minimum Gasteiger partial charge on any atom is -0.493 e. The van der Waals surface area contributed by atoms with Crippen LogP contribution in [0.3, 0.4) is 0 Å². The fourth-order valence-corrected chi connectivity index (χ4v) is 4.07. The maximum absolute atomic E-state index is 12.7. The molecular formula is C21H12F6IrN2O6S2-2. The number of halogens is 6. The van der Waals surface area contributed by atoms with Crippen LogP contribution in [-0.2, 0) is 40.3 Å². The first kappa shape index (κ1) is 29.5. The van der Waals surface area contributed by atoms with Gasteiger partial charge in [-0.2, -0.15) is 55.3 Å². The van der Waals surface area contributed by atoms with Crippen molar-refractivity contribution in [1.82, 2.24) is 0 Å². The van der Waals surface area contributed by atoms with Crippen molar-refractivity contribution in [2.75, 3.05) is 9.80 Å². The number of rotatable bonds is 6. The minimum atomic E-state index is -5.93. The maximum atomic E-state index is 12.7. The number of hydrogen-bond donors (Lipinski definition) is 0. The van der Waals surface area contributed by atoms with E-state index in [1.54, 1.807) is 24.3 Å². The third kappa shape index (κ3) is 5.85. The van der Waals surface area contributed by atoms with Crippen LogP contribution in [-0.4, -0.2) is 27.9 Å². The predicted molar refractivity (Wildman–Crippen MR) is 118 cm³/mol. The molecule has 0 aliphatic carbocycles. The zero-order chi connectivity index (χ0) is 27.2. The summed E-state index contributed by atoms with van der Waals surface area (Å²) >= 11 is 0. The molecule has 0 saturated heterocycles. The molecule has 0 atom stereocenters. The minimum absolute atomic E-state index is 0. The normalized spacial score (nSPS) is 14.1. The summed E-state index contributed by atoms with van der Waals surface area (Å²) in [5, 5.41) is 0. The summed E-state index contributed by atoms with van der Waals surface area (Å²) < 4.78 is 130. The SMILES string of the molecule is O=S(=O)(Oc1cc[c-]c(N2[CH-]N(c3cccc(OS(=O)(=O)C(F)(F)F)c3)c3ccccc32)c1)C(F)(F)F.[Ir]. The largest absolute Gasteiger partial charge is 0.534 e. The van der Waals surface area contributed by atoms with Crippen molar-refractivity contribution < 1.29 is 71.6 Å². The third-order valence-corrected chi connectivity index (χ3v) is 6.68. The number of alkyl halides is 6. The number of benzene rings is 3. The summed E-state index contributed by atoms with van der Waals surface area (Å²) in [6.45, 7) is 1.37. The fraction of sp³-hybridized carbons (Fsp3) is 0.0952. The molecule has 38 heavy (non-hydrogen) atoms. The van der Waals surface area contributed by atoms with Gasteiger partial charge in [-0.3, -0.25) is 0 Å². The summed E-state index contributed by atoms with van der Waals surface area (Å²) in [6.07, 6.45) is 0. The van der Waals surface area contributed by atoms with Gasteiger partial charge in [-0.25, -0.2) is 0 Å². The first-order valence-electron chi connectivity index (χ1n) is 9.75. The van der Waals surface area contributed by atoms with E-state index >= 15 is 0 Å². The van der Waals surface area contributed by atoms with Crippen molar-refractivity contribution in [3.05, 3.63) is 79.5 Å². The summed E-state index contributed by atoms with van der Waals surface area (Å²) in [6, 6.07) is 16.9. The average Bonchev–Trinajstić information content (AvgIpc) is 3.17. The second-order valence-electron chi connectivity index (χ2n) is 7.22. The first-order valence-corrected chi connectivity index (χ1v) is 12.6. The second-order valence-corrected chi connectivity index (χ2v) is 10.3. The van der Waals surface area contributed by atoms with Crippen LogP contribution < -0.4 is 18.2 Å². The molecule has 1 heterocycles. The van der Waals surface area contributed by atoms with Crippen LogP contribution in [0.25, 0.3) is 0 Å². The molecule has 0 unspecified atom stereocenters. The van der Waals surface area contributed by atoms with Crippen LogP contribution in [0.2, 0.25) is 0 Å². The van der Waals surface area contributed by atoms with E-state index in [1.807, 2.05) is 0 Å². The van der Waals surface area contributed by atoms with Crippen molar-refractivity contribution in [3.63, 3.8) is 0 Å². The first-order chi connectivity index (χ1) is 17.1. The molecule has 8 nitrogen and oxygen atoms in total. The quantitative estimate of drug-likeness (QED) is 0.144. The van der Waals surface area contributed by atoms with E-state index in [1.165, 1.54) is 28.6 Å². The molecule has 0 saturated carbocycles. The summed E-state index contributed by atoms with van der Waals surface area (Å²) in [5.41, 5.74) is -10.2. The van der Waals surface area contributed by atoms with Gasteiger partial charge in [0.15, 0.2) is 0 Å². The molecule has 1 radical (unpaired) electrons. The Bertz CT molecular complexity index is 1430. The van der Waals surface area contributed by atoms with Gasteiger partial charge in [0.25, 0.3) is 0 Å². The molecule has 17 heteroatoms. The van der Waals surface area contributed by atoms with E-state index in [0.29, 0.717) is 11.4 Å². The van der Waals surface area contributed by atoms with Gasteiger partial charge in [0.1, 0.15) is 5.75 Å². The molecule has 207 valence electrons. The number of fused-ring (bicyclic) bond motifs is 1. The molecule has 1 aliphatic heterocycles. The van der Waals surface area contributed by atoms with Crippen molar-refractivity contribution in [1.29, 1.82) is 0 Å². The van der Waals surface area contributed by atoms with Crippen LogP contribution in [0.4, 0.5) is 49.1 Å². The molecule has 3 aromatic carbocycles. The molecule has 1 aliphatic rings. The number of para-hydroxylation sites is 2. The molecule has 0 fully saturated rings. The van der Waals surface area contributed by atoms with Crippen molar-refractivity contribution in [2.45, 2.75) is 11.0 Å². The fourth-order valence-electron chi connectivity index (χ4n) is 3.17. The Kier molecular flexibility index (Phi) is 7.99. The van der Waals surface area contributed by atoms with E-state index in [-0.39, 0.29) is 31.5 Å². The van der Waals surface area contributed by atoms with E-state index in [4.69, 9.17) is 0 Å². The summed E-state index contributed by atoms with van der Waals surface area (Å²) in [7, 11) is -11.9. The van der Waals surface area contributed by atoms with Gasteiger partial charge in [-0.1, -0.05) is 18.2 Å². The molecule has 0 bridgehead atoms. The van der Waals surface area contributed by atoms with Gasteiger partial charge in [0.2, 0.25) is 0 Å². The van der Waals surface area contributed by atoms with E-state index < -0.39 is 42.8 Å². The molecule has 0 spiro atoms. The van der Waals surface area contributed by atoms with E-state index in [2.05, 4.69) is 14.4 Å². The predicted octanol–water partition coefficient (Wildman–Crippen LogP) is 5.35. The number of nitrogens with zero attached hydrogens (tertiary/aromatic N) is 2. The molecule has 3 aromatic rings. The van der Waals surface area contributed by atoms with Gasteiger partial charge < -0.3 is 18.2 Å². The monoisotopic (exact) mass is 759 g/mol. The Morgan fingerprint density at radius 3 is 1.79 bits per heavy atom. The van der Waals surface area contributed by atoms with Gasteiger partial charge in [-0.15, -0.1) is 24.5 Å². The Morgan fingerprint density at radius 2 is 1.24 bits per heavy atom. The Labute approximate surface area is 226 Å². The summed E-state index contributed by atoms with van der Waals surface area (Å²) in [4.78, 5) is 2.82. The summed E-state index contributed by atoms with van der Waals surface area (Å²) in [5.74, 6) is -1.28. The third-order valence-electron chi connectivity index (χ3n) is 4.72. The molecular weight excluding hydrogens is 747 g/mol. The molecule has 4 rings (SSSR count). The number of hydrogen-bond acceptors (Lipinski definition) is 8. The average molecular weight is 759 g/mol. The zero-order valence-corrected chi connectivity index (χ0v) is 22.2. The smallest absolute Gasteiger partial charge is 0.493 e. The van der Waals surface area contributed by atoms with Crippen LogP contribution in [0.15, 0.2) is 66.7 Å². The van der Waals surface area contributed by atoms with Crippen molar-refractivity contribution >= 4 is 43.0 Å². The molecule has 0 amide bonds. The van der Waals surface area contributed by atoms with Gasteiger partial charge >= 0.3 is 31.3 Å². The standard InChI is InChI=1S/C21H12F6N2O6S2.Ir/c22-20(23,24)36(30,31)34-16-7-3-5-14(11-16)28-13-29(19-10-2-1-9-18(19)28)15-6-4-8-17(12-15)35-37(32,33)21(25,26)27;/h1-5,7-13H;/q-2;. The zero-order valence-electron chi connectivity index (χ0n) is 18.2. The van der Waals surface area contributed by atoms with Crippen molar-refractivity contribution in [2.24, 2.45) is 0 Å². The van der Waals surface area contributed by atoms with E-state index in [9.17, 15) is 43.2 Å². The Morgan fingerprint density at radius 1 is 0.711 bits per heavy atom. The van der Waals surface area contributed by atoms with Crippen LogP contribution >= 0.6 is 0 Å². The van der Waals surface area contributed by atoms with Crippen molar-refractivity contribution in [3.8, 4) is 11.5 Å². The van der Waals surface area contributed by atoms with Gasteiger partial charge in [0.05, 0.1) is 0 Å². The second kappa shape index (κ2) is 10.3. The van der Waals surface area contributed by atoms with Gasteiger partial charge in [-0.05, 0) is 24.3 Å². The van der Waals surface area contributed by atoms with Gasteiger partial charge in [0, 0.05) is 49.0 Å². The van der Waals surface area contributed by atoms with Crippen LogP contribution in [0.1, 0.15) is 0 Å². The topological polar surface area (TPSA) is 93.2 Å². The number of anilines is 4. The van der Waals surface area contributed by atoms with Crippen LogP contribution in [0.5, 0.6) is 11.5 Å². The maximum Gasteiger partial charge on any atom is 0.534 e. The van der Waals surface area contributed by atoms with E-state index in [0.717, 1.165) is 30.3 Å².